The maximum absolute atomic E-state index is 11.9. The lowest BCUT2D eigenvalue weighted by Gasteiger charge is -2.33. The van der Waals surface area contributed by atoms with E-state index in [2.05, 4.69) is 47.1 Å². The van der Waals surface area contributed by atoms with Crippen LogP contribution in [0.15, 0.2) is 0 Å². The molecular weight excluding hydrogens is 520 g/mol. The molecule has 11 heteroatoms. The molecule has 2 fully saturated rings. The van der Waals surface area contributed by atoms with Crippen LogP contribution < -0.4 is 49.8 Å². The van der Waals surface area contributed by atoms with E-state index >= 15 is 0 Å². The normalized spacial score (nSPS) is 18.8. The highest BCUT2D eigenvalue weighted by Crippen LogP contribution is 2.38. The van der Waals surface area contributed by atoms with Gasteiger partial charge in [0.05, 0.1) is 38.2 Å². The van der Waals surface area contributed by atoms with Crippen molar-refractivity contribution in [2.75, 3.05) is 26.2 Å². The molecule has 2 rings (SSSR count). The zero-order valence-electron chi connectivity index (χ0n) is 26.7. The zero-order valence-corrected chi connectivity index (χ0v) is 26.7. The topological polar surface area (TPSA) is 246 Å². The number of nitrogens with one attached hydrogen (secondary N) is 2. The first-order valence-electron chi connectivity index (χ1n) is 16.4. The fraction of sp³-hybridized carbons (Fsp3) is 0.900. The van der Waals surface area contributed by atoms with E-state index < -0.39 is 18.1 Å². The van der Waals surface area contributed by atoms with Gasteiger partial charge in [0, 0.05) is 17.3 Å². The number of unbranched alkanes of at least 4 members (excludes halogenated alkanes) is 1. The number of hydrogen-bond acceptors (Lipinski definition) is 3. The minimum absolute atomic E-state index is 0.127. The van der Waals surface area contributed by atoms with Crippen molar-refractivity contribution in [3.8, 4) is 0 Å². The fourth-order valence-electron chi connectivity index (χ4n) is 5.94. The number of rotatable bonds is 15. The molecule has 11 nitrogen and oxygen atoms in total. The Bertz CT molecular complexity index is 681. The molecule has 2 aliphatic rings. The number of amides is 1. The van der Waals surface area contributed by atoms with Crippen molar-refractivity contribution in [1.29, 1.82) is 0 Å². The largest absolute Gasteiger partial charge is 0.548 e. The number of hydrogen-bond donors (Lipinski definition) is 8. The van der Waals surface area contributed by atoms with E-state index in [1.807, 2.05) is 0 Å². The first kappa shape index (κ1) is 39.0. The molecule has 0 aromatic heterocycles. The lowest BCUT2D eigenvalue weighted by Crippen LogP contribution is -2.78. The van der Waals surface area contributed by atoms with Gasteiger partial charge >= 0.3 is 5.96 Å². The van der Waals surface area contributed by atoms with Crippen LogP contribution in [0.2, 0.25) is 0 Å². The van der Waals surface area contributed by atoms with E-state index in [0.29, 0.717) is 43.1 Å². The van der Waals surface area contributed by atoms with Crippen LogP contribution in [-0.4, -0.2) is 56.1 Å². The van der Waals surface area contributed by atoms with Gasteiger partial charge in [-0.3, -0.25) is 21.3 Å². The van der Waals surface area contributed by atoms with Crippen molar-refractivity contribution < 1.29 is 42.6 Å². The molecule has 0 aromatic carbocycles. The Balaban J connectivity index is 0.000000658. The Kier molecular flexibility index (Phi) is 21.5. The minimum atomic E-state index is -1.27. The standard InChI is InChI=1S/C12H26N6O3.2C9H19N/c13-6-2-1-5-9(11(20)21)18-10(19)8(14)4-3-7-17-12(15)16;2*1-2-9(8-10)6-4-3-5-7-9/h8-9H,1-7,13-14H2,(H,18,19)(H,20,21)(H4,15,16,17);2*2-8,10H2,1H3/p+4/t8-,9-;;/m0../s1. The summed E-state index contributed by atoms with van der Waals surface area (Å²) >= 11 is 0. The molecule has 0 radical (unpaired) electrons. The highest BCUT2D eigenvalue weighted by molar-refractivity contribution is 5.85. The summed E-state index contributed by atoms with van der Waals surface area (Å²) in [5, 5.41) is 13.5. The predicted octanol–water partition coefficient (Wildman–Crippen LogP) is -3.44. The maximum atomic E-state index is 11.9. The van der Waals surface area contributed by atoms with Gasteiger partial charge in [0.2, 0.25) is 0 Å². The molecule has 0 aromatic rings. The molecule has 2 saturated carbocycles. The molecular formula is C30H68N8O3+4. The van der Waals surface area contributed by atoms with Gasteiger partial charge in [-0.2, -0.15) is 0 Å². The molecule has 0 aliphatic heterocycles. The summed E-state index contributed by atoms with van der Waals surface area (Å²) in [5.41, 5.74) is 27.3. The lowest BCUT2D eigenvalue weighted by atomic mass is 9.72. The van der Waals surface area contributed by atoms with Gasteiger partial charge in [-0.1, -0.05) is 52.4 Å². The monoisotopic (exact) mass is 589 g/mol. The van der Waals surface area contributed by atoms with Crippen molar-refractivity contribution in [3.05, 3.63) is 0 Å². The number of nitrogens with two attached hydrogens (primary N) is 2. The van der Waals surface area contributed by atoms with Crippen LogP contribution in [0.3, 0.4) is 0 Å². The van der Waals surface area contributed by atoms with E-state index in [1.165, 1.54) is 77.0 Å². The highest BCUT2D eigenvalue weighted by Gasteiger charge is 2.31. The third kappa shape index (κ3) is 16.9. The van der Waals surface area contributed by atoms with Gasteiger partial charge in [-0.15, -0.1) is 0 Å². The second-order valence-corrected chi connectivity index (χ2v) is 12.3. The van der Waals surface area contributed by atoms with Crippen LogP contribution in [0.5, 0.6) is 0 Å². The molecule has 0 bridgehead atoms. The maximum Gasteiger partial charge on any atom is 0.338 e. The molecule has 2 aliphatic carbocycles. The third-order valence-corrected chi connectivity index (χ3v) is 9.41. The number of aliphatic carboxylic acids is 1. The van der Waals surface area contributed by atoms with Crippen LogP contribution >= 0.6 is 0 Å². The molecule has 0 unspecified atom stereocenters. The van der Waals surface area contributed by atoms with Crippen molar-refractivity contribution >= 4 is 17.8 Å². The fourth-order valence-corrected chi connectivity index (χ4v) is 5.94. The lowest BCUT2D eigenvalue weighted by molar-refractivity contribution is -0.463. The zero-order chi connectivity index (χ0) is 31.2. The number of carbonyl (C=O) groups is 2. The van der Waals surface area contributed by atoms with Crippen LogP contribution in [0.1, 0.15) is 123 Å². The molecule has 0 spiro atoms. The van der Waals surface area contributed by atoms with E-state index in [9.17, 15) is 14.7 Å². The van der Waals surface area contributed by atoms with E-state index in [0.717, 1.165) is 26.1 Å². The van der Waals surface area contributed by atoms with E-state index in [4.69, 9.17) is 11.5 Å². The minimum Gasteiger partial charge on any atom is -0.548 e. The van der Waals surface area contributed by atoms with Crippen LogP contribution in [0.25, 0.3) is 0 Å². The Morgan fingerprint density at radius 3 is 1.66 bits per heavy atom. The number of carboxylic acids is 1. The molecule has 242 valence electrons. The molecule has 41 heavy (non-hydrogen) atoms. The SMILES string of the molecule is CCC1(C[NH3+])CCCCC1.CCC1(C[NH3+])CCCCC1.NC(N)=[NH+]CCC[C@H]([NH3+])C(=O)N[C@@H](CCCC[NH3+])C(=O)[O-]. The van der Waals surface area contributed by atoms with Crippen LogP contribution in [0.4, 0.5) is 0 Å². The van der Waals surface area contributed by atoms with Crippen molar-refractivity contribution in [1.82, 2.24) is 5.32 Å². The van der Waals surface area contributed by atoms with Gasteiger partial charge in [-0.05, 0) is 64.2 Å². The second kappa shape index (κ2) is 22.6. The second-order valence-electron chi connectivity index (χ2n) is 12.3. The number of guanidine groups is 1. The van der Waals surface area contributed by atoms with Gasteiger partial charge in [-0.25, -0.2) is 0 Å². The summed E-state index contributed by atoms with van der Waals surface area (Å²) in [6.07, 6.45) is 20.1. The third-order valence-electron chi connectivity index (χ3n) is 9.41. The smallest absolute Gasteiger partial charge is 0.338 e. The average molecular weight is 589 g/mol. The number of quaternary nitrogens is 4. The Hall–Kier alpha value is -1.95. The summed E-state index contributed by atoms with van der Waals surface area (Å²) in [7, 11) is 0. The van der Waals surface area contributed by atoms with Crippen LogP contribution in [-0.2, 0) is 9.59 Å². The highest BCUT2D eigenvalue weighted by atomic mass is 16.4. The Morgan fingerprint density at radius 2 is 1.32 bits per heavy atom. The van der Waals surface area contributed by atoms with E-state index in [1.54, 1.807) is 0 Å². The Labute approximate surface area is 249 Å². The van der Waals surface area contributed by atoms with Crippen molar-refractivity contribution in [3.63, 3.8) is 0 Å². The molecule has 0 heterocycles. The van der Waals surface area contributed by atoms with Gasteiger partial charge in [0.25, 0.3) is 5.91 Å². The van der Waals surface area contributed by atoms with Crippen molar-refractivity contribution in [2.24, 2.45) is 22.3 Å². The summed E-state index contributed by atoms with van der Waals surface area (Å²) < 4.78 is 0. The Morgan fingerprint density at radius 1 is 0.829 bits per heavy atom. The van der Waals surface area contributed by atoms with Crippen molar-refractivity contribution in [2.45, 2.75) is 135 Å². The summed E-state index contributed by atoms with van der Waals surface area (Å²) in [6.45, 7) is 8.22. The van der Waals surface area contributed by atoms with E-state index in [-0.39, 0.29) is 11.9 Å². The van der Waals surface area contributed by atoms with Gasteiger partial charge in [0.15, 0.2) is 6.04 Å². The van der Waals surface area contributed by atoms with Crippen LogP contribution in [0, 0.1) is 10.8 Å². The first-order chi connectivity index (χ1) is 19.5. The molecule has 0 saturated heterocycles. The molecule has 2 atom stereocenters. The summed E-state index contributed by atoms with van der Waals surface area (Å²) in [5.74, 6) is -1.53. The first-order valence-corrected chi connectivity index (χ1v) is 16.4. The molecule has 1 amide bonds. The van der Waals surface area contributed by atoms with Gasteiger partial charge in [0.1, 0.15) is 0 Å². The number of carboxylic acid groups (broad SMARTS) is 1. The quantitative estimate of drug-likeness (QED) is 0.0551. The van der Waals surface area contributed by atoms with Gasteiger partial charge < -0.3 is 38.2 Å². The summed E-state index contributed by atoms with van der Waals surface area (Å²) in [4.78, 5) is 25.6. The predicted molar refractivity (Wildman–Crippen MR) is 161 cm³/mol. The molecule has 18 N–H and O–H groups in total. The average Bonchev–Trinajstić information content (AvgIpc) is 2.99. The summed E-state index contributed by atoms with van der Waals surface area (Å²) in [6, 6.07) is -1.50. The number of carbonyl (C=O) groups excluding carboxylic acids is 2.